The average molecular weight is 523 g/mol. The number of amides is 1. The minimum absolute atomic E-state index is 0.130. The van der Waals surface area contributed by atoms with Gasteiger partial charge in [0.2, 0.25) is 15.9 Å². The van der Waals surface area contributed by atoms with Gasteiger partial charge < -0.3 is 19.8 Å². The number of methoxy groups -OCH3 is 1. The number of carbonyl (C=O) groups is 2. The lowest BCUT2D eigenvalue weighted by atomic mass is 10.1. The van der Waals surface area contributed by atoms with Crippen LogP contribution in [0.25, 0.3) is 11.4 Å². The van der Waals surface area contributed by atoms with Crippen LogP contribution in [-0.4, -0.2) is 56.6 Å². The molecule has 1 heterocycles. The molecule has 12 heteroatoms. The van der Waals surface area contributed by atoms with Gasteiger partial charge in [-0.2, -0.15) is 4.72 Å². The summed E-state index contributed by atoms with van der Waals surface area (Å²) in [7, 11) is -2.98. The van der Waals surface area contributed by atoms with Gasteiger partial charge in [-0.15, -0.1) is 0 Å². The monoisotopic (exact) mass is 522 g/mol. The van der Waals surface area contributed by atoms with E-state index in [0.29, 0.717) is 48.6 Å². The van der Waals surface area contributed by atoms with Crippen LogP contribution in [-0.2, 0) is 24.3 Å². The zero-order valence-corrected chi connectivity index (χ0v) is 22.1. The second-order valence-corrected chi connectivity index (χ2v) is 10.0. The van der Waals surface area contributed by atoms with E-state index in [0.717, 1.165) is 6.42 Å². The van der Waals surface area contributed by atoms with Crippen LogP contribution in [0.4, 0.5) is 0 Å². The van der Waals surface area contributed by atoms with Gasteiger partial charge in [-0.25, -0.2) is 13.4 Å². The summed E-state index contributed by atoms with van der Waals surface area (Å²) in [5.41, 5.74) is 0.929. The molecule has 2 rings (SSSR count). The topological polar surface area (TPSA) is 157 Å². The molecule has 0 aliphatic heterocycles. The van der Waals surface area contributed by atoms with Crippen molar-refractivity contribution in [2.45, 2.75) is 64.3 Å². The number of nitrogens with one attached hydrogen (secondary N) is 3. The minimum Gasteiger partial charge on any atom is -0.493 e. The molecule has 1 unspecified atom stereocenters. The van der Waals surface area contributed by atoms with Crippen molar-refractivity contribution in [3.05, 3.63) is 39.8 Å². The van der Waals surface area contributed by atoms with E-state index in [2.05, 4.69) is 20.0 Å². The molecule has 0 spiro atoms. The number of benzene rings is 1. The highest BCUT2D eigenvalue weighted by molar-refractivity contribution is 7.89. The molecule has 0 fully saturated rings. The first kappa shape index (κ1) is 29.0. The summed E-state index contributed by atoms with van der Waals surface area (Å²) < 4.78 is 39.4. The minimum atomic E-state index is -4.16. The van der Waals surface area contributed by atoms with Crippen LogP contribution in [0.1, 0.15) is 50.8 Å². The summed E-state index contributed by atoms with van der Waals surface area (Å²) in [5.74, 6) is -0.346. The molecular weight excluding hydrogens is 488 g/mol. The highest BCUT2D eigenvalue weighted by Crippen LogP contribution is 2.30. The number of H-pyrrole nitrogens is 1. The Hall–Kier alpha value is -3.25. The predicted molar refractivity (Wildman–Crippen MR) is 134 cm³/mol. The largest absolute Gasteiger partial charge is 0.493 e. The van der Waals surface area contributed by atoms with E-state index >= 15 is 0 Å². The molecule has 0 saturated carbocycles. The smallest absolute Gasteiger partial charge is 0.323 e. The second kappa shape index (κ2) is 13.2. The molecule has 1 amide bonds. The first-order chi connectivity index (χ1) is 17.0. The summed E-state index contributed by atoms with van der Waals surface area (Å²) in [4.78, 5) is 42.6. The number of aromatic nitrogens is 2. The number of esters is 1. The number of unbranched alkanes of at least 4 members (excludes halogenated alkanes) is 1. The molecule has 0 saturated heterocycles. The molecule has 11 nitrogen and oxygen atoms in total. The van der Waals surface area contributed by atoms with E-state index < -0.39 is 22.0 Å². The first-order valence-electron chi connectivity index (χ1n) is 11.7. The van der Waals surface area contributed by atoms with Crippen molar-refractivity contribution in [3.8, 4) is 17.1 Å². The molecule has 1 aromatic heterocycles. The summed E-state index contributed by atoms with van der Waals surface area (Å²) in [6.07, 6.45) is 1.95. The molecule has 1 atom stereocenters. The van der Waals surface area contributed by atoms with Crippen LogP contribution in [0.3, 0.4) is 0 Å². The van der Waals surface area contributed by atoms with E-state index in [4.69, 9.17) is 9.47 Å². The van der Waals surface area contributed by atoms with Gasteiger partial charge in [0.25, 0.3) is 5.56 Å². The number of aryl methyl sites for hydroxylation is 1. The first-order valence-corrected chi connectivity index (χ1v) is 13.2. The normalized spacial score (nSPS) is 12.1. The van der Waals surface area contributed by atoms with E-state index in [-0.39, 0.29) is 28.6 Å². The number of rotatable bonds is 13. The highest BCUT2D eigenvalue weighted by Gasteiger charge is 2.27. The molecule has 198 valence electrons. The average Bonchev–Trinajstić information content (AvgIpc) is 2.83. The van der Waals surface area contributed by atoms with E-state index in [1.165, 1.54) is 32.2 Å². The zero-order chi connectivity index (χ0) is 26.9. The Bertz CT molecular complexity index is 1240. The molecule has 0 bridgehead atoms. The number of sulfonamides is 1. The Balaban J connectivity index is 2.38. The standard InChI is InChI=1S/C24H34N4O7S/c1-6-13-35-21-11-10-18(14-19(21)22-26-16(3)15(2)23(30)27-22)36(32,33)28-20(24(31)34-5)9-7-8-12-25-17(4)29/h10-11,14,20,28H,6-9,12-13H2,1-5H3,(H,25,29)(H,26,27,30). The Morgan fingerprint density at radius 3 is 2.53 bits per heavy atom. The lowest BCUT2D eigenvalue weighted by Crippen LogP contribution is -2.41. The number of nitrogens with zero attached hydrogens (tertiary/aromatic N) is 1. The van der Waals surface area contributed by atoms with Gasteiger partial charge in [0.1, 0.15) is 17.6 Å². The third-order valence-electron chi connectivity index (χ3n) is 5.45. The maximum Gasteiger partial charge on any atom is 0.323 e. The number of ether oxygens (including phenoxy) is 2. The van der Waals surface area contributed by atoms with Gasteiger partial charge >= 0.3 is 5.97 Å². The van der Waals surface area contributed by atoms with Crippen molar-refractivity contribution in [2.24, 2.45) is 0 Å². The Labute approximate surface area is 211 Å². The highest BCUT2D eigenvalue weighted by atomic mass is 32.2. The molecule has 0 radical (unpaired) electrons. The van der Waals surface area contributed by atoms with Crippen molar-refractivity contribution < 1.29 is 27.5 Å². The third-order valence-corrected chi connectivity index (χ3v) is 6.92. The number of hydrogen-bond acceptors (Lipinski definition) is 8. The van der Waals surface area contributed by atoms with Crippen molar-refractivity contribution in [2.75, 3.05) is 20.3 Å². The maximum atomic E-state index is 13.2. The fourth-order valence-corrected chi connectivity index (χ4v) is 4.58. The van der Waals surface area contributed by atoms with E-state index in [1.54, 1.807) is 13.8 Å². The Morgan fingerprint density at radius 1 is 1.19 bits per heavy atom. The van der Waals surface area contributed by atoms with Gasteiger partial charge in [-0.3, -0.25) is 14.4 Å². The molecule has 3 N–H and O–H groups in total. The Morgan fingerprint density at radius 2 is 1.92 bits per heavy atom. The molecule has 36 heavy (non-hydrogen) atoms. The van der Waals surface area contributed by atoms with Crippen molar-refractivity contribution in [1.29, 1.82) is 0 Å². The second-order valence-electron chi connectivity index (χ2n) is 8.31. The van der Waals surface area contributed by atoms with Gasteiger partial charge in [0.05, 0.1) is 24.2 Å². The van der Waals surface area contributed by atoms with Crippen LogP contribution in [0.5, 0.6) is 5.75 Å². The fraction of sp³-hybridized carbons (Fsp3) is 0.500. The number of hydrogen-bond donors (Lipinski definition) is 3. The Kier molecular flexibility index (Phi) is 10.6. The number of carbonyl (C=O) groups excluding carboxylic acids is 2. The fourth-order valence-electron chi connectivity index (χ4n) is 3.33. The van der Waals surface area contributed by atoms with Gasteiger partial charge in [0.15, 0.2) is 0 Å². The molecule has 0 aliphatic rings. The zero-order valence-electron chi connectivity index (χ0n) is 21.3. The van der Waals surface area contributed by atoms with Gasteiger partial charge in [-0.1, -0.05) is 6.92 Å². The van der Waals surface area contributed by atoms with Crippen molar-refractivity contribution in [3.63, 3.8) is 0 Å². The van der Waals surface area contributed by atoms with E-state index in [1.807, 2.05) is 6.92 Å². The summed E-state index contributed by atoms with van der Waals surface area (Å²) in [6, 6.07) is 3.10. The molecular formula is C24H34N4O7S. The quantitative estimate of drug-likeness (QED) is 0.266. The van der Waals surface area contributed by atoms with Crippen LogP contribution in [0.2, 0.25) is 0 Å². The van der Waals surface area contributed by atoms with E-state index in [9.17, 15) is 22.8 Å². The summed E-state index contributed by atoms with van der Waals surface area (Å²) >= 11 is 0. The van der Waals surface area contributed by atoms with Crippen LogP contribution in [0, 0.1) is 13.8 Å². The summed E-state index contributed by atoms with van der Waals surface area (Å²) in [6.45, 7) is 7.47. The third kappa shape index (κ3) is 7.89. The van der Waals surface area contributed by atoms with Crippen LogP contribution < -0.4 is 20.3 Å². The molecule has 0 aliphatic carbocycles. The predicted octanol–water partition coefficient (Wildman–Crippen LogP) is 1.97. The van der Waals surface area contributed by atoms with Gasteiger partial charge in [-0.05, 0) is 57.7 Å². The number of aromatic amines is 1. The summed E-state index contributed by atoms with van der Waals surface area (Å²) in [5, 5.41) is 2.65. The van der Waals surface area contributed by atoms with Crippen LogP contribution in [0.15, 0.2) is 27.9 Å². The van der Waals surface area contributed by atoms with Crippen LogP contribution >= 0.6 is 0 Å². The SMILES string of the molecule is CCCOc1ccc(S(=O)(=O)NC(CCCCNC(C)=O)C(=O)OC)cc1-c1nc(C)c(C)c(=O)[nH]1. The lowest BCUT2D eigenvalue weighted by molar-refractivity contribution is -0.142. The van der Waals surface area contributed by atoms with Crippen molar-refractivity contribution in [1.82, 2.24) is 20.0 Å². The van der Waals surface area contributed by atoms with Gasteiger partial charge in [0, 0.05) is 24.7 Å². The molecule has 1 aromatic carbocycles. The lowest BCUT2D eigenvalue weighted by Gasteiger charge is -2.18. The van der Waals surface area contributed by atoms with Crippen molar-refractivity contribution >= 4 is 21.9 Å². The maximum absolute atomic E-state index is 13.2. The molecule has 2 aromatic rings.